The van der Waals surface area contributed by atoms with Crippen LogP contribution in [-0.2, 0) is 19.4 Å². The summed E-state index contributed by atoms with van der Waals surface area (Å²) in [5.41, 5.74) is 0. The number of fused-ring (bicyclic) bond motifs is 1. The summed E-state index contributed by atoms with van der Waals surface area (Å²) in [4.78, 5) is 7.46. The van der Waals surface area contributed by atoms with Gasteiger partial charge in [0.1, 0.15) is 5.82 Å². The number of piperidine rings is 1. The van der Waals surface area contributed by atoms with Crippen molar-refractivity contribution in [2.75, 3.05) is 6.54 Å². The molecule has 3 heterocycles. The highest BCUT2D eigenvalue weighted by Crippen LogP contribution is 2.23. The second-order valence-corrected chi connectivity index (χ2v) is 6.95. The third-order valence-corrected chi connectivity index (χ3v) is 4.91. The molecule has 0 aliphatic carbocycles. The molecule has 4 nitrogen and oxygen atoms in total. The minimum Gasteiger partial charge on any atom is -0.298 e. The molecule has 2 unspecified atom stereocenters. The van der Waals surface area contributed by atoms with E-state index in [4.69, 9.17) is 10.1 Å². The molecule has 20 heavy (non-hydrogen) atoms. The molecule has 0 radical (unpaired) electrons. The first kappa shape index (κ1) is 14.1. The molecule has 0 N–H and O–H groups in total. The van der Waals surface area contributed by atoms with Crippen LogP contribution in [0.15, 0.2) is 0 Å². The summed E-state index contributed by atoms with van der Waals surface area (Å²) in [5, 5.41) is 4.75. The van der Waals surface area contributed by atoms with Crippen LogP contribution in [0.25, 0.3) is 0 Å². The van der Waals surface area contributed by atoms with Crippen molar-refractivity contribution >= 4 is 0 Å². The molecule has 4 heteroatoms. The zero-order valence-corrected chi connectivity index (χ0v) is 13.2. The van der Waals surface area contributed by atoms with Gasteiger partial charge in [0.2, 0.25) is 0 Å². The fraction of sp³-hybridized carbons (Fsp3) is 0.875. The van der Waals surface area contributed by atoms with E-state index in [1.807, 2.05) is 0 Å². The first-order valence-electron chi connectivity index (χ1n) is 8.32. The van der Waals surface area contributed by atoms with Gasteiger partial charge in [0.15, 0.2) is 5.82 Å². The summed E-state index contributed by atoms with van der Waals surface area (Å²) >= 11 is 0. The van der Waals surface area contributed by atoms with Crippen LogP contribution in [0.2, 0.25) is 0 Å². The van der Waals surface area contributed by atoms with E-state index in [2.05, 4.69) is 30.4 Å². The second-order valence-electron chi connectivity index (χ2n) is 6.95. The zero-order chi connectivity index (χ0) is 14.1. The fourth-order valence-electron chi connectivity index (χ4n) is 3.73. The first-order chi connectivity index (χ1) is 9.63. The summed E-state index contributed by atoms with van der Waals surface area (Å²) in [6.45, 7) is 9.24. The predicted molar refractivity (Wildman–Crippen MR) is 80.7 cm³/mol. The highest BCUT2D eigenvalue weighted by atomic mass is 15.4. The Hall–Kier alpha value is -0.900. The number of nitrogens with zero attached hydrogens (tertiary/aromatic N) is 4. The normalized spacial score (nSPS) is 27.8. The molecule has 1 fully saturated rings. The summed E-state index contributed by atoms with van der Waals surface area (Å²) in [7, 11) is 0. The summed E-state index contributed by atoms with van der Waals surface area (Å²) in [6, 6.07) is 1.28. The number of aryl methyl sites for hydroxylation is 1. The predicted octanol–water partition coefficient (Wildman–Crippen LogP) is 2.67. The van der Waals surface area contributed by atoms with E-state index in [1.54, 1.807) is 0 Å². The van der Waals surface area contributed by atoms with Crippen molar-refractivity contribution in [1.82, 2.24) is 19.7 Å². The molecular weight excluding hydrogens is 248 g/mol. The number of likely N-dealkylation sites (tertiary alicyclic amines) is 1. The largest absolute Gasteiger partial charge is 0.298 e. The van der Waals surface area contributed by atoms with E-state index in [1.165, 1.54) is 38.1 Å². The van der Waals surface area contributed by atoms with E-state index in [-0.39, 0.29) is 0 Å². The van der Waals surface area contributed by atoms with Gasteiger partial charge in [0.25, 0.3) is 0 Å². The van der Waals surface area contributed by atoms with Gasteiger partial charge in [-0.3, -0.25) is 4.90 Å². The molecule has 112 valence electrons. The van der Waals surface area contributed by atoms with E-state index >= 15 is 0 Å². The maximum Gasteiger partial charge on any atom is 0.152 e. The molecule has 2 aliphatic rings. The van der Waals surface area contributed by atoms with Crippen molar-refractivity contribution in [3.8, 4) is 0 Å². The molecule has 1 aromatic rings. The molecule has 1 aromatic heterocycles. The van der Waals surface area contributed by atoms with Crippen LogP contribution >= 0.6 is 0 Å². The van der Waals surface area contributed by atoms with Crippen molar-refractivity contribution in [2.45, 2.75) is 77.9 Å². The molecule has 0 spiro atoms. The van der Waals surface area contributed by atoms with Crippen molar-refractivity contribution < 1.29 is 0 Å². The van der Waals surface area contributed by atoms with Crippen molar-refractivity contribution in [2.24, 2.45) is 5.92 Å². The minimum absolute atomic E-state index is 0.637. The number of aromatic nitrogens is 3. The van der Waals surface area contributed by atoms with Gasteiger partial charge in [-0.2, -0.15) is 5.10 Å². The van der Waals surface area contributed by atoms with E-state index in [9.17, 15) is 0 Å². The van der Waals surface area contributed by atoms with Gasteiger partial charge in [-0.1, -0.05) is 13.3 Å². The quantitative estimate of drug-likeness (QED) is 0.851. The van der Waals surface area contributed by atoms with Crippen LogP contribution in [0.4, 0.5) is 0 Å². The third-order valence-electron chi connectivity index (χ3n) is 4.91. The Kier molecular flexibility index (Phi) is 4.11. The Morgan fingerprint density at radius 1 is 1.20 bits per heavy atom. The molecule has 0 bridgehead atoms. The molecule has 0 aromatic carbocycles. The van der Waals surface area contributed by atoms with Gasteiger partial charge < -0.3 is 0 Å². The lowest BCUT2D eigenvalue weighted by Gasteiger charge is -2.38. The van der Waals surface area contributed by atoms with E-state index in [0.29, 0.717) is 12.1 Å². The number of rotatable bonds is 3. The minimum atomic E-state index is 0.637. The van der Waals surface area contributed by atoms with E-state index < -0.39 is 0 Å². The van der Waals surface area contributed by atoms with Gasteiger partial charge in [0, 0.05) is 31.5 Å². The van der Waals surface area contributed by atoms with Gasteiger partial charge in [0.05, 0.1) is 0 Å². The van der Waals surface area contributed by atoms with E-state index in [0.717, 1.165) is 31.1 Å². The summed E-state index contributed by atoms with van der Waals surface area (Å²) in [6.07, 6.45) is 7.39. The van der Waals surface area contributed by atoms with Gasteiger partial charge in [-0.05, 0) is 45.6 Å². The van der Waals surface area contributed by atoms with Crippen LogP contribution < -0.4 is 0 Å². The average Bonchev–Trinajstić information content (AvgIpc) is 2.80. The number of hydrogen-bond donors (Lipinski definition) is 0. The Balaban J connectivity index is 1.70. The monoisotopic (exact) mass is 276 g/mol. The third kappa shape index (κ3) is 2.90. The van der Waals surface area contributed by atoms with Crippen molar-refractivity contribution in [1.29, 1.82) is 0 Å². The van der Waals surface area contributed by atoms with Crippen LogP contribution in [0.3, 0.4) is 0 Å². The molecule has 3 rings (SSSR count). The second kappa shape index (κ2) is 5.84. The lowest BCUT2D eigenvalue weighted by molar-refractivity contribution is 0.110. The lowest BCUT2D eigenvalue weighted by atomic mass is 9.97. The first-order valence-corrected chi connectivity index (χ1v) is 8.32. The maximum absolute atomic E-state index is 4.81. The average molecular weight is 276 g/mol. The Morgan fingerprint density at radius 2 is 2.05 bits per heavy atom. The van der Waals surface area contributed by atoms with Crippen molar-refractivity contribution in [3.63, 3.8) is 0 Å². The highest BCUT2D eigenvalue weighted by molar-refractivity contribution is 5.00. The van der Waals surface area contributed by atoms with Crippen LogP contribution in [0.1, 0.15) is 58.1 Å². The summed E-state index contributed by atoms with van der Waals surface area (Å²) in [5.74, 6) is 3.05. The smallest absolute Gasteiger partial charge is 0.152 e. The van der Waals surface area contributed by atoms with Crippen molar-refractivity contribution in [3.05, 3.63) is 11.6 Å². The molecule has 1 saturated heterocycles. The maximum atomic E-state index is 4.81. The standard InChI is InChI=1S/C16H28N4/c1-12(2)19-8-5-4-6-14(19)11-15-17-16-10-13(3)7-9-20(16)18-15/h12-14H,4-11H2,1-3H3. The fourth-order valence-corrected chi connectivity index (χ4v) is 3.73. The van der Waals surface area contributed by atoms with Crippen LogP contribution in [0.5, 0.6) is 0 Å². The molecule has 0 saturated carbocycles. The van der Waals surface area contributed by atoms with Crippen LogP contribution in [-0.4, -0.2) is 38.3 Å². The number of hydrogen-bond acceptors (Lipinski definition) is 3. The highest BCUT2D eigenvalue weighted by Gasteiger charge is 2.27. The Labute approximate surface area is 122 Å². The molecule has 2 atom stereocenters. The molecule has 2 aliphatic heterocycles. The summed E-state index contributed by atoms with van der Waals surface area (Å²) < 4.78 is 2.15. The zero-order valence-electron chi connectivity index (χ0n) is 13.2. The Bertz CT molecular complexity index is 451. The molecule has 0 amide bonds. The Morgan fingerprint density at radius 3 is 2.85 bits per heavy atom. The SMILES string of the molecule is CC1CCn2nc(CC3CCCCN3C(C)C)nc2C1. The van der Waals surface area contributed by atoms with Crippen LogP contribution in [0, 0.1) is 5.92 Å². The van der Waals surface area contributed by atoms with Gasteiger partial charge in [-0.25, -0.2) is 9.67 Å². The molecular formula is C16H28N4. The topological polar surface area (TPSA) is 34.0 Å². The lowest BCUT2D eigenvalue weighted by Crippen LogP contribution is -2.45. The van der Waals surface area contributed by atoms with Gasteiger partial charge >= 0.3 is 0 Å². The van der Waals surface area contributed by atoms with Gasteiger partial charge in [-0.15, -0.1) is 0 Å².